The van der Waals surface area contributed by atoms with Gasteiger partial charge in [0.25, 0.3) is 0 Å². The number of carbonyl (C=O) groups is 1. The fourth-order valence-corrected chi connectivity index (χ4v) is 1.12. The summed E-state index contributed by atoms with van der Waals surface area (Å²) in [5.74, 6) is -0.0200. The molecule has 0 heterocycles. The lowest BCUT2D eigenvalue weighted by Gasteiger charge is -2.24. The summed E-state index contributed by atoms with van der Waals surface area (Å²) >= 11 is 0. The largest absolute Gasteiger partial charge is 0.363 e. The van der Waals surface area contributed by atoms with Crippen LogP contribution in [0.5, 0.6) is 0 Å². The van der Waals surface area contributed by atoms with Gasteiger partial charge >= 0.3 is 0 Å². The predicted molar refractivity (Wildman–Crippen MR) is 58.2 cm³/mol. The summed E-state index contributed by atoms with van der Waals surface area (Å²) in [7, 11) is 0. The third-order valence-corrected chi connectivity index (χ3v) is 1.73. The molecule has 0 aromatic heterocycles. The number of nitrogens with one attached hydrogen (secondary N) is 1. The van der Waals surface area contributed by atoms with Gasteiger partial charge in [0.05, 0.1) is 5.60 Å². The van der Waals surface area contributed by atoms with E-state index in [4.69, 9.17) is 4.74 Å². The van der Waals surface area contributed by atoms with Gasteiger partial charge in [-0.1, -0.05) is 13.3 Å². The first-order chi connectivity index (χ1) is 6.37. The van der Waals surface area contributed by atoms with Gasteiger partial charge in [-0.2, -0.15) is 0 Å². The number of carbonyl (C=O) groups excluding carboxylic acids is 1. The fraction of sp³-hybridized carbons (Fsp3) is 0.909. The molecule has 0 rings (SSSR count). The van der Waals surface area contributed by atoms with Crippen LogP contribution in [-0.2, 0) is 9.53 Å². The summed E-state index contributed by atoms with van der Waals surface area (Å²) in [6.45, 7) is 10.5. The van der Waals surface area contributed by atoms with Gasteiger partial charge in [-0.15, -0.1) is 0 Å². The summed E-state index contributed by atoms with van der Waals surface area (Å²) < 4.78 is 5.52. The molecular weight excluding hydrogens is 178 g/mol. The van der Waals surface area contributed by atoms with Crippen molar-refractivity contribution in [3.8, 4) is 0 Å². The molecule has 0 fully saturated rings. The van der Waals surface area contributed by atoms with Crippen molar-refractivity contribution in [2.45, 2.75) is 59.2 Å². The van der Waals surface area contributed by atoms with Gasteiger partial charge in [0.2, 0.25) is 5.91 Å². The maximum Gasteiger partial charge on any atom is 0.248 e. The second kappa shape index (κ2) is 6.02. The van der Waals surface area contributed by atoms with Gasteiger partial charge in [-0.25, -0.2) is 0 Å². The Balaban J connectivity index is 3.77. The average molecular weight is 201 g/mol. The molecule has 0 saturated heterocycles. The summed E-state index contributed by atoms with van der Waals surface area (Å²) in [4.78, 5) is 11.5. The van der Waals surface area contributed by atoms with Gasteiger partial charge in [-0.3, -0.25) is 4.79 Å². The predicted octanol–water partition coefficient (Wildman–Crippen LogP) is 2.11. The Labute approximate surface area is 87.2 Å². The molecule has 84 valence electrons. The SMILES string of the molecule is CCCCNC(=O)C(C)OC(C)(C)C. The summed E-state index contributed by atoms with van der Waals surface area (Å²) in [6, 6.07) is 0. The lowest BCUT2D eigenvalue weighted by molar-refractivity contribution is -0.140. The van der Waals surface area contributed by atoms with E-state index in [1.165, 1.54) is 0 Å². The molecule has 1 atom stereocenters. The molecule has 0 aromatic rings. The molecule has 3 heteroatoms. The molecule has 1 amide bonds. The number of hydrogen-bond acceptors (Lipinski definition) is 2. The topological polar surface area (TPSA) is 38.3 Å². The van der Waals surface area contributed by atoms with Gasteiger partial charge in [0.15, 0.2) is 0 Å². The second-order valence-electron chi connectivity index (χ2n) is 4.52. The molecule has 0 aliphatic heterocycles. The van der Waals surface area contributed by atoms with Crippen molar-refractivity contribution in [3.05, 3.63) is 0 Å². The van der Waals surface area contributed by atoms with Gasteiger partial charge < -0.3 is 10.1 Å². The number of hydrogen-bond donors (Lipinski definition) is 1. The summed E-state index contributed by atoms with van der Waals surface area (Å²) in [5, 5.41) is 2.84. The van der Waals surface area contributed by atoms with Crippen LogP contribution in [0.2, 0.25) is 0 Å². The van der Waals surface area contributed by atoms with Crippen LogP contribution in [0.15, 0.2) is 0 Å². The number of unbranched alkanes of at least 4 members (excludes halogenated alkanes) is 1. The van der Waals surface area contributed by atoms with Crippen molar-refractivity contribution >= 4 is 5.91 Å². The normalized spacial score (nSPS) is 13.8. The fourth-order valence-electron chi connectivity index (χ4n) is 1.12. The van der Waals surface area contributed by atoms with Crippen molar-refractivity contribution in [3.63, 3.8) is 0 Å². The van der Waals surface area contributed by atoms with Gasteiger partial charge in [-0.05, 0) is 34.1 Å². The minimum absolute atomic E-state index is 0.0200. The van der Waals surface area contributed by atoms with E-state index in [-0.39, 0.29) is 17.6 Å². The molecule has 0 aromatic carbocycles. The zero-order valence-corrected chi connectivity index (χ0v) is 10.0. The van der Waals surface area contributed by atoms with Crippen LogP contribution < -0.4 is 5.32 Å². The maximum absolute atomic E-state index is 11.5. The van der Waals surface area contributed by atoms with Crippen LogP contribution in [0, 0.1) is 0 Å². The Bertz CT molecular complexity index is 173. The van der Waals surface area contributed by atoms with E-state index in [9.17, 15) is 4.79 Å². The molecular formula is C11H23NO2. The lowest BCUT2D eigenvalue weighted by Crippen LogP contribution is -2.39. The van der Waals surface area contributed by atoms with E-state index in [0.717, 1.165) is 19.4 Å². The van der Waals surface area contributed by atoms with E-state index < -0.39 is 0 Å². The molecule has 0 spiro atoms. The Kier molecular flexibility index (Phi) is 5.77. The first kappa shape index (κ1) is 13.4. The van der Waals surface area contributed by atoms with Crippen molar-refractivity contribution < 1.29 is 9.53 Å². The van der Waals surface area contributed by atoms with Crippen LogP contribution in [0.3, 0.4) is 0 Å². The first-order valence-corrected chi connectivity index (χ1v) is 5.32. The highest BCUT2D eigenvalue weighted by atomic mass is 16.5. The molecule has 0 saturated carbocycles. The summed E-state index contributed by atoms with van der Waals surface area (Å²) in [6.07, 6.45) is 1.75. The molecule has 0 aliphatic rings. The molecule has 3 nitrogen and oxygen atoms in total. The van der Waals surface area contributed by atoms with Crippen molar-refractivity contribution in [2.75, 3.05) is 6.54 Å². The highest BCUT2D eigenvalue weighted by Crippen LogP contribution is 2.10. The number of ether oxygens (including phenoxy) is 1. The first-order valence-electron chi connectivity index (χ1n) is 5.32. The lowest BCUT2D eigenvalue weighted by atomic mass is 10.2. The van der Waals surface area contributed by atoms with Crippen LogP contribution in [0.1, 0.15) is 47.5 Å². The van der Waals surface area contributed by atoms with Crippen molar-refractivity contribution in [2.24, 2.45) is 0 Å². The highest BCUT2D eigenvalue weighted by Gasteiger charge is 2.20. The zero-order chi connectivity index (χ0) is 11.2. The average Bonchev–Trinajstić information content (AvgIpc) is 2.01. The van der Waals surface area contributed by atoms with E-state index in [1.807, 2.05) is 20.8 Å². The van der Waals surface area contributed by atoms with Crippen LogP contribution >= 0.6 is 0 Å². The molecule has 14 heavy (non-hydrogen) atoms. The molecule has 1 N–H and O–H groups in total. The molecule has 0 aliphatic carbocycles. The van der Waals surface area contributed by atoms with Gasteiger partial charge in [0.1, 0.15) is 6.10 Å². The number of amides is 1. The smallest absolute Gasteiger partial charge is 0.248 e. The Morgan fingerprint density at radius 1 is 1.43 bits per heavy atom. The Hall–Kier alpha value is -0.570. The second-order valence-corrected chi connectivity index (χ2v) is 4.52. The Morgan fingerprint density at radius 2 is 2.00 bits per heavy atom. The van der Waals surface area contributed by atoms with Crippen LogP contribution in [0.25, 0.3) is 0 Å². The monoisotopic (exact) mass is 201 g/mol. The Morgan fingerprint density at radius 3 is 2.43 bits per heavy atom. The van der Waals surface area contributed by atoms with Crippen molar-refractivity contribution in [1.82, 2.24) is 5.32 Å². The maximum atomic E-state index is 11.5. The zero-order valence-electron chi connectivity index (χ0n) is 10.0. The van der Waals surface area contributed by atoms with E-state index in [2.05, 4.69) is 12.2 Å². The van der Waals surface area contributed by atoms with Gasteiger partial charge in [0, 0.05) is 6.54 Å². The standard InChI is InChI=1S/C11H23NO2/c1-6-7-8-12-10(13)9(2)14-11(3,4)5/h9H,6-8H2,1-5H3,(H,12,13). The van der Waals surface area contributed by atoms with Crippen LogP contribution in [0.4, 0.5) is 0 Å². The quantitative estimate of drug-likeness (QED) is 0.692. The molecule has 1 unspecified atom stereocenters. The highest BCUT2D eigenvalue weighted by molar-refractivity contribution is 5.80. The molecule has 0 bridgehead atoms. The minimum atomic E-state index is -0.369. The van der Waals surface area contributed by atoms with Crippen LogP contribution in [-0.4, -0.2) is 24.2 Å². The van der Waals surface area contributed by atoms with E-state index >= 15 is 0 Å². The minimum Gasteiger partial charge on any atom is -0.363 e. The third-order valence-electron chi connectivity index (χ3n) is 1.73. The summed E-state index contributed by atoms with van der Waals surface area (Å²) in [5.41, 5.74) is -0.262. The van der Waals surface area contributed by atoms with E-state index in [1.54, 1.807) is 6.92 Å². The third kappa shape index (κ3) is 6.89. The van der Waals surface area contributed by atoms with E-state index in [0.29, 0.717) is 0 Å². The number of rotatable bonds is 5. The molecule has 0 radical (unpaired) electrons. The van der Waals surface area contributed by atoms with Crippen molar-refractivity contribution in [1.29, 1.82) is 0 Å².